The Bertz CT molecular complexity index is 460. The molecule has 20 heavy (non-hydrogen) atoms. The molecular weight excluding hydrogens is 288 g/mol. The van der Waals surface area contributed by atoms with Crippen LogP contribution in [0.25, 0.3) is 0 Å². The Morgan fingerprint density at radius 1 is 1.15 bits per heavy atom. The summed E-state index contributed by atoms with van der Waals surface area (Å²) in [6.45, 7) is 7.24. The van der Waals surface area contributed by atoms with E-state index in [0.29, 0.717) is 16.1 Å². The molecule has 0 spiro atoms. The van der Waals surface area contributed by atoms with E-state index in [9.17, 15) is 0 Å². The van der Waals surface area contributed by atoms with Gasteiger partial charge in [-0.25, -0.2) is 0 Å². The van der Waals surface area contributed by atoms with Crippen LogP contribution in [0, 0.1) is 12.8 Å². The third-order valence-corrected chi connectivity index (χ3v) is 3.02. The van der Waals surface area contributed by atoms with Crippen molar-refractivity contribution in [1.82, 2.24) is 16.2 Å². The molecule has 1 rings (SSSR count). The first-order valence-electron chi connectivity index (χ1n) is 6.65. The van der Waals surface area contributed by atoms with E-state index >= 15 is 0 Å². The molecule has 110 valence electrons. The second-order valence-electron chi connectivity index (χ2n) is 5.01. The molecule has 0 saturated carbocycles. The van der Waals surface area contributed by atoms with Crippen LogP contribution in [0.2, 0.25) is 0 Å². The van der Waals surface area contributed by atoms with Crippen LogP contribution >= 0.6 is 24.4 Å². The second kappa shape index (κ2) is 8.71. The number of hydrogen-bond acceptors (Lipinski definition) is 2. The van der Waals surface area contributed by atoms with Gasteiger partial charge in [-0.05, 0) is 61.4 Å². The third-order valence-electron chi connectivity index (χ3n) is 2.57. The van der Waals surface area contributed by atoms with Gasteiger partial charge in [0.1, 0.15) is 0 Å². The largest absolute Gasteiger partial charge is 0.361 e. The standard InChI is InChI=1S/C14H22N4S2/c1-10(2)7-8-15-13(19)17-18-14(20)16-12-6-4-5-11(3)9-12/h4-6,9-10H,7-8H2,1-3H3,(H2,15,17,19)(H2,16,18,20). The fourth-order valence-electron chi connectivity index (χ4n) is 1.52. The lowest BCUT2D eigenvalue weighted by Gasteiger charge is -2.15. The number of thiocarbonyl (C=S) groups is 2. The van der Waals surface area contributed by atoms with Crippen LogP contribution in [0.4, 0.5) is 5.69 Å². The molecule has 0 bridgehead atoms. The maximum absolute atomic E-state index is 5.18. The van der Waals surface area contributed by atoms with Gasteiger partial charge >= 0.3 is 0 Å². The lowest BCUT2D eigenvalue weighted by Crippen LogP contribution is -2.48. The summed E-state index contributed by atoms with van der Waals surface area (Å²) < 4.78 is 0. The van der Waals surface area contributed by atoms with E-state index in [2.05, 4.69) is 35.3 Å². The van der Waals surface area contributed by atoms with Crippen molar-refractivity contribution in [3.63, 3.8) is 0 Å². The maximum Gasteiger partial charge on any atom is 0.189 e. The summed E-state index contributed by atoms with van der Waals surface area (Å²) in [6, 6.07) is 7.99. The molecule has 0 radical (unpaired) electrons. The minimum Gasteiger partial charge on any atom is -0.361 e. The topological polar surface area (TPSA) is 48.1 Å². The summed E-state index contributed by atoms with van der Waals surface area (Å²) in [5.41, 5.74) is 7.84. The van der Waals surface area contributed by atoms with Crippen LogP contribution in [0.3, 0.4) is 0 Å². The van der Waals surface area contributed by atoms with Gasteiger partial charge in [0.2, 0.25) is 0 Å². The molecule has 4 nitrogen and oxygen atoms in total. The molecule has 0 amide bonds. The Hall–Kier alpha value is -1.40. The highest BCUT2D eigenvalue weighted by Crippen LogP contribution is 2.08. The van der Waals surface area contributed by atoms with Gasteiger partial charge in [0.15, 0.2) is 10.2 Å². The molecule has 1 aromatic carbocycles. The second-order valence-corrected chi connectivity index (χ2v) is 5.83. The first-order valence-corrected chi connectivity index (χ1v) is 7.46. The lowest BCUT2D eigenvalue weighted by molar-refractivity contribution is 0.575. The minimum atomic E-state index is 0.476. The van der Waals surface area contributed by atoms with E-state index in [4.69, 9.17) is 24.4 Å². The first kappa shape index (κ1) is 16.7. The van der Waals surface area contributed by atoms with E-state index in [0.717, 1.165) is 18.7 Å². The normalized spacial score (nSPS) is 10.0. The summed E-state index contributed by atoms with van der Waals surface area (Å²) in [6.07, 6.45) is 1.08. The van der Waals surface area contributed by atoms with Gasteiger partial charge in [0, 0.05) is 12.2 Å². The quantitative estimate of drug-likeness (QED) is 0.507. The van der Waals surface area contributed by atoms with Crippen LogP contribution < -0.4 is 21.5 Å². The molecule has 6 heteroatoms. The summed E-state index contributed by atoms with van der Waals surface area (Å²) in [7, 11) is 0. The van der Waals surface area contributed by atoms with Crippen LogP contribution in [0.5, 0.6) is 0 Å². The SMILES string of the molecule is Cc1cccc(NC(=S)NNC(=S)NCCC(C)C)c1. The van der Waals surface area contributed by atoms with Crippen molar-refractivity contribution in [2.45, 2.75) is 27.2 Å². The molecule has 0 atom stereocenters. The van der Waals surface area contributed by atoms with E-state index in [1.54, 1.807) is 0 Å². The molecule has 4 N–H and O–H groups in total. The van der Waals surface area contributed by atoms with Gasteiger partial charge in [-0.2, -0.15) is 0 Å². The van der Waals surface area contributed by atoms with Crippen molar-refractivity contribution in [2.24, 2.45) is 5.92 Å². The monoisotopic (exact) mass is 310 g/mol. The molecular formula is C14H22N4S2. The fraction of sp³-hybridized carbons (Fsp3) is 0.429. The van der Waals surface area contributed by atoms with E-state index in [1.807, 2.05) is 31.2 Å². The molecule has 0 unspecified atom stereocenters. The molecule has 0 fully saturated rings. The molecule has 0 saturated heterocycles. The molecule has 0 heterocycles. The molecule has 0 aromatic heterocycles. The predicted octanol–water partition coefficient (Wildman–Crippen LogP) is 2.71. The highest BCUT2D eigenvalue weighted by Gasteiger charge is 1.99. The molecule has 0 aliphatic heterocycles. The van der Waals surface area contributed by atoms with Crippen LogP contribution in [-0.4, -0.2) is 16.8 Å². The number of aryl methyl sites for hydroxylation is 1. The Morgan fingerprint density at radius 3 is 2.50 bits per heavy atom. The van der Waals surface area contributed by atoms with Crippen LogP contribution in [-0.2, 0) is 0 Å². The smallest absolute Gasteiger partial charge is 0.189 e. The van der Waals surface area contributed by atoms with Gasteiger partial charge in [-0.3, -0.25) is 10.9 Å². The number of nitrogens with one attached hydrogen (secondary N) is 4. The minimum absolute atomic E-state index is 0.476. The van der Waals surface area contributed by atoms with E-state index in [1.165, 1.54) is 5.56 Å². The first-order chi connectivity index (χ1) is 9.47. The maximum atomic E-state index is 5.18. The number of hydrazine groups is 1. The fourth-order valence-corrected chi connectivity index (χ4v) is 1.84. The Balaban J connectivity index is 2.24. The van der Waals surface area contributed by atoms with Crippen LogP contribution in [0.15, 0.2) is 24.3 Å². The Labute approximate surface area is 131 Å². The van der Waals surface area contributed by atoms with E-state index < -0.39 is 0 Å². The van der Waals surface area contributed by atoms with Gasteiger partial charge in [0.25, 0.3) is 0 Å². The Kier molecular flexibility index (Phi) is 7.25. The zero-order valence-electron chi connectivity index (χ0n) is 12.1. The summed E-state index contributed by atoms with van der Waals surface area (Å²) in [4.78, 5) is 0. The van der Waals surface area contributed by atoms with Gasteiger partial charge in [-0.15, -0.1) is 0 Å². The lowest BCUT2D eigenvalue weighted by atomic mass is 10.1. The molecule has 0 aliphatic rings. The average molecular weight is 310 g/mol. The van der Waals surface area contributed by atoms with E-state index in [-0.39, 0.29) is 0 Å². The predicted molar refractivity (Wildman–Crippen MR) is 93.7 cm³/mol. The van der Waals surface area contributed by atoms with Crippen LogP contribution in [0.1, 0.15) is 25.8 Å². The zero-order valence-corrected chi connectivity index (χ0v) is 13.8. The van der Waals surface area contributed by atoms with Crippen molar-refractivity contribution in [3.8, 4) is 0 Å². The van der Waals surface area contributed by atoms with Crippen molar-refractivity contribution in [2.75, 3.05) is 11.9 Å². The third kappa shape index (κ3) is 7.25. The average Bonchev–Trinajstić information content (AvgIpc) is 2.36. The Morgan fingerprint density at radius 2 is 1.85 bits per heavy atom. The molecule has 1 aromatic rings. The van der Waals surface area contributed by atoms with Crippen molar-refractivity contribution >= 4 is 40.3 Å². The highest BCUT2D eigenvalue weighted by atomic mass is 32.1. The number of benzene rings is 1. The van der Waals surface area contributed by atoms with Crippen molar-refractivity contribution < 1.29 is 0 Å². The number of anilines is 1. The van der Waals surface area contributed by atoms with Crippen molar-refractivity contribution in [3.05, 3.63) is 29.8 Å². The molecule has 0 aliphatic carbocycles. The van der Waals surface area contributed by atoms with Gasteiger partial charge < -0.3 is 10.6 Å². The number of rotatable bonds is 4. The zero-order chi connectivity index (χ0) is 15.0. The summed E-state index contributed by atoms with van der Waals surface area (Å²) in [5, 5.41) is 7.21. The highest BCUT2D eigenvalue weighted by molar-refractivity contribution is 7.80. The van der Waals surface area contributed by atoms with Crippen molar-refractivity contribution in [1.29, 1.82) is 0 Å². The summed E-state index contributed by atoms with van der Waals surface area (Å²) in [5.74, 6) is 0.655. The van der Waals surface area contributed by atoms with Gasteiger partial charge in [0.05, 0.1) is 0 Å². The number of hydrogen-bond donors (Lipinski definition) is 4. The summed E-state index contributed by atoms with van der Waals surface area (Å²) >= 11 is 10.3. The van der Waals surface area contributed by atoms with Gasteiger partial charge in [-0.1, -0.05) is 26.0 Å².